The first kappa shape index (κ1) is 13.8. The molecule has 84 valence electrons. The summed E-state index contributed by atoms with van der Waals surface area (Å²) in [6.07, 6.45) is 5.48. The molecule has 6 nitrogen and oxygen atoms in total. The first-order chi connectivity index (χ1) is 6.31. The van der Waals surface area contributed by atoms with Gasteiger partial charge in [-0.3, -0.25) is 10.1 Å². The van der Waals surface area contributed by atoms with E-state index in [1.807, 2.05) is 18.8 Å². The van der Waals surface area contributed by atoms with Crippen molar-refractivity contribution < 1.29 is 23.0 Å². The lowest BCUT2D eigenvalue weighted by Gasteiger charge is -2.14. The van der Waals surface area contributed by atoms with Gasteiger partial charge in [0.25, 0.3) is 0 Å². The van der Waals surface area contributed by atoms with E-state index in [4.69, 9.17) is 13.6 Å². The van der Waals surface area contributed by atoms with Crippen molar-refractivity contribution in [1.82, 2.24) is 5.32 Å². The molecule has 2 N–H and O–H groups in total. The molecule has 8 heteroatoms. The van der Waals surface area contributed by atoms with Crippen LogP contribution in [-0.4, -0.2) is 43.1 Å². The van der Waals surface area contributed by atoms with E-state index in [-0.39, 0.29) is 13.3 Å². The summed E-state index contributed by atoms with van der Waals surface area (Å²) in [5.74, 6) is -0.994. The van der Waals surface area contributed by atoms with Crippen LogP contribution in [0.1, 0.15) is 0 Å². The van der Waals surface area contributed by atoms with E-state index in [0.717, 1.165) is 0 Å². The highest BCUT2D eigenvalue weighted by Crippen LogP contribution is 2.47. The molecule has 1 atom stereocenters. The molecule has 0 aliphatic carbocycles. The fraction of sp³-hybridized carbons (Fsp3) is 0.833. The minimum absolute atomic E-state index is 0.100. The molecule has 0 saturated carbocycles. The molecule has 0 aromatic carbocycles. The van der Waals surface area contributed by atoms with Gasteiger partial charge in [0.15, 0.2) is 6.73 Å². The second-order valence-electron chi connectivity index (χ2n) is 3.12. The van der Waals surface area contributed by atoms with Crippen molar-refractivity contribution >= 4 is 24.5 Å². The Balaban J connectivity index is 3.50. The lowest BCUT2D eigenvalue weighted by atomic mass is 10.7. The van der Waals surface area contributed by atoms with E-state index in [1.165, 1.54) is 0 Å². The van der Waals surface area contributed by atoms with Gasteiger partial charge in [0.2, 0.25) is 0 Å². The number of nitrogens with one attached hydrogen (secondary N) is 1. The minimum Gasteiger partial charge on any atom is -0.480 e. The molecular weight excluding hydrogens is 229 g/mol. The van der Waals surface area contributed by atoms with E-state index < -0.39 is 24.5 Å². The highest BCUT2D eigenvalue weighted by Gasteiger charge is 2.26. The maximum Gasteiger partial charge on any atom is 0.709 e. The second kappa shape index (κ2) is 6.31. The summed E-state index contributed by atoms with van der Waals surface area (Å²) < 4.78 is 20.8. The van der Waals surface area contributed by atoms with Crippen LogP contribution in [0.4, 0.5) is 0 Å². The molecule has 0 rings (SSSR count). The zero-order chi connectivity index (χ0) is 11.2. The largest absolute Gasteiger partial charge is 0.709 e. The molecular formula is C6H15NO5PS+. The summed E-state index contributed by atoms with van der Waals surface area (Å²) in [7, 11) is -3.50. The van der Waals surface area contributed by atoms with Crippen LogP contribution < -0.4 is 5.32 Å². The van der Waals surface area contributed by atoms with Gasteiger partial charge in [-0.1, -0.05) is 14.3 Å². The van der Waals surface area contributed by atoms with Gasteiger partial charge in [-0.05, 0) is 18.8 Å². The Labute approximate surface area is 85.4 Å². The molecule has 0 amide bonds. The number of aliphatic carboxylic acids is 1. The molecule has 0 saturated heterocycles. The predicted molar refractivity (Wildman–Crippen MR) is 55.6 cm³/mol. The highest BCUT2D eigenvalue weighted by molar-refractivity contribution is 8.29. The third-order valence-corrected chi connectivity index (χ3v) is 3.45. The Kier molecular flexibility index (Phi) is 6.22. The van der Waals surface area contributed by atoms with E-state index in [1.54, 1.807) is 0 Å². The van der Waals surface area contributed by atoms with Crippen LogP contribution in [0.3, 0.4) is 0 Å². The third-order valence-electron chi connectivity index (χ3n) is 0.833. The second-order valence-corrected chi connectivity index (χ2v) is 7.87. The van der Waals surface area contributed by atoms with Crippen LogP contribution in [0.25, 0.3) is 0 Å². The summed E-state index contributed by atoms with van der Waals surface area (Å²) in [4.78, 5) is 10.1. The highest BCUT2D eigenvalue weighted by atomic mass is 32.3. The molecule has 0 fully saturated rings. The summed E-state index contributed by atoms with van der Waals surface area (Å²) in [5, 5.41) is 10.7. The van der Waals surface area contributed by atoms with Crippen molar-refractivity contribution in [3.05, 3.63) is 0 Å². The van der Waals surface area contributed by atoms with E-state index in [0.29, 0.717) is 0 Å². The first-order valence-corrected chi connectivity index (χ1v) is 7.59. The quantitative estimate of drug-likeness (QED) is 0.393. The van der Waals surface area contributed by atoms with Crippen LogP contribution in [-0.2, 0) is 17.9 Å². The standard InChI is InChI=1S/C6H14NO5PS/c1-14(2,3)12-13(10)11-5-7-4-6(8)9/h7H,4-5H2,1-3H3/p+1. The molecule has 1 unspecified atom stereocenters. The molecule has 0 heterocycles. The van der Waals surface area contributed by atoms with E-state index >= 15 is 0 Å². The van der Waals surface area contributed by atoms with Crippen molar-refractivity contribution in [1.29, 1.82) is 0 Å². The van der Waals surface area contributed by atoms with Gasteiger partial charge < -0.3 is 5.11 Å². The summed E-state index contributed by atoms with van der Waals surface area (Å²) >= 11 is 0. The zero-order valence-electron chi connectivity index (χ0n) is 8.35. The smallest absolute Gasteiger partial charge is 0.480 e. The van der Waals surface area contributed by atoms with Crippen LogP contribution >= 0.6 is 18.6 Å². The number of rotatable bonds is 7. The van der Waals surface area contributed by atoms with Crippen molar-refractivity contribution in [3.63, 3.8) is 0 Å². The fourth-order valence-corrected chi connectivity index (χ4v) is 2.29. The minimum atomic E-state index is -2.17. The third kappa shape index (κ3) is 9.88. The van der Waals surface area contributed by atoms with Crippen LogP contribution in [0.15, 0.2) is 0 Å². The maximum absolute atomic E-state index is 11.0. The lowest BCUT2D eigenvalue weighted by molar-refractivity contribution is -0.136. The maximum atomic E-state index is 11.0. The monoisotopic (exact) mass is 244 g/mol. The zero-order valence-corrected chi connectivity index (χ0v) is 10.1. The summed E-state index contributed by atoms with van der Waals surface area (Å²) in [5.41, 5.74) is 0. The molecule has 0 aromatic rings. The van der Waals surface area contributed by atoms with Gasteiger partial charge in [-0.25, -0.2) is 0 Å². The SMILES string of the molecule is CS(C)(C)O[P+](=O)OCNCC(=O)O. The Morgan fingerprint density at radius 1 is 1.50 bits per heavy atom. The van der Waals surface area contributed by atoms with Crippen molar-refractivity contribution in [2.45, 2.75) is 0 Å². The number of hydrogen-bond acceptors (Lipinski definition) is 5. The van der Waals surface area contributed by atoms with Crippen LogP contribution in [0, 0.1) is 0 Å². The van der Waals surface area contributed by atoms with Gasteiger partial charge in [-0.2, -0.15) is 0 Å². The molecule has 0 bridgehead atoms. The van der Waals surface area contributed by atoms with E-state index in [9.17, 15) is 9.36 Å². The summed E-state index contributed by atoms with van der Waals surface area (Å²) in [6, 6.07) is 0. The van der Waals surface area contributed by atoms with Gasteiger partial charge in [0.05, 0.1) is 6.54 Å². The molecule has 0 aromatic heterocycles. The average Bonchev–Trinajstić information content (AvgIpc) is 1.94. The average molecular weight is 244 g/mol. The molecule has 0 radical (unpaired) electrons. The first-order valence-electron chi connectivity index (χ1n) is 3.72. The topological polar surface area (TPSA) is 84.9 Å². The van der Waals surface area contributed by atoms with Gasteiger partial charge in [-0.15, -0.1) is 4.52 Å². The van der Waals surface area contributed by atoms with Crippen LogP contribution in [0.2, 0.25) is 0 Å². The molecule has 0 aliphatic heterocycles. The van der Waals surface area contributed by atoms with Crippen molar-refractivity contribution in [3.8, 4) is 0 Å². The Hall–Kier alpha value is -0.200. The molecule has 0 spiro atoms. The number of carboxylic acid groups (broad SMARTS) is 1. The predicted octanol–water partition coefficient (Wildman–Crippen LogP) is 0.918. The number of carbonyl (C=O) groups is 1. The van der Waals surface area contributed by atoms with Crippen molar-refractivity contribution in [2.75, 3.05) is 32.0 Å². The number of carboxylic acids is 1. The summed E-state index contributed by atoms with van der Waals surface area (Å²) in [6.45, 7) is -0.331. The molecule has 14 heavy (non-hydrogen) atoms. The Morgan fingerprint density at radius 3 is 2.50 bits per heavy atom. The number of hydrogen-bond donors (Lipinski definition) is 2. The van der Waals surface area contributed by atoms with E-state index in [2.05, 4.69) is 5.32 Å². The van der Waals surface area contributed by atoms with Crippen LogP contribution in [0.5, 0.6) is 0 Å². The fourth-order valence-electron chi connectivity index (χ4n) is 0.460. The van der Waals surface area contributed by atoms with Gasteiger partial charge in [0, 0.05) is 4.57 Å². The Bertz CT molecular complexity index is 217. The van der Waals surface area contributed by atoms with Crippen molar-refractivity contribution in [2.24, 2.45) is 0 Å². The van der Waals surface area contributed by atoms with Gasteiger partial charge >= 0.3 is 14.2 Å². The lowest BCUT2D eigenvalue weighted by Crippen LogP contribution is -2.23. The Morgan fingerprint density at radius 2 is 2.07 bits per heavy atom. The van der Waals surface area contributed by atoms with Gasteiger partial charge in [0.1, 0.15) is 0 Å². The molecule has 0 aliphatic rings. The normalized spacial score (nSPS) is 13.8.